The normalized spacial score (nSPS) is 10.6. The predicted molar refractivity (Wildman–Crippen MR) is 59.0 cm³/mol. The Balaban J connectivity index is 2.78. The van der Waals surface area contributed by atoms with Crippen molar-refractivity contribution in [3.05, 3.63) is 35.5 Å². The lowest BCUT2D eigenvalue weighted by Crippen LogP contribution is -2.02. The van der Waals surface area contributed by atoms with E-state index in [1.807, 2.05) is 42.9 Å². The summed E-state index contributed by atoms with van der Waals surface area (Å²) >= 11 is 0. The molecule has 0 aliphatic rings. The Morgan fingerprint density at radius 3 is 2.73 bits per heavy atom. The van der Waals surface area contributed by atoms with Crippen molar-refractivity contribution >= 4 is 16.9 Å². The molecule has 2 aromatic rings. The SMILES string of the molecule is COC(=O)c1ccc(C)c2c1ccn2C. The molecule has 0 N–H and O–H groups in total. The van der Waals surface area contributed by atoms with Crippen molar-refractivity contribution in [1.82, 2.24) is 4.57 Å². The molecule has 1 heterocycles. The average Bonchev–Trinajstić information content (AvgIpc) is 2.61. The largest absolute Gasteiger partial charge is 0.465 e. The molecule has 0 aliphatic carbocycles. The number of esters is 1. The number of benzene rings is 1. The van der Waals surface area contributed by atoms with Crippen LogP contribution in [0, 0.1) is 6.92 Å². The van der Waals surface area contributed by atoms with E-state index < -0.39 is 0 Å². The van der Waals surface area contributed by atoms with Gasteiger partial charge in [0.15, 0.2) is 0 Å². The maximum absolute atomic E-state index is 11.5. The number of hydrogen-bond acceptors (Lipinski definition) is 2. The number of carbonyl (C=O) groups is 1. The number of ether oxygens (including phenoxy) is 1. The number of nitrogens with zero attached hydrogens (tertiary/aromatic N) is 1. The predicted octanol–water partition coefficient (Wildman–Crippen LogP) is 2.27. The molecule has 0 saturated carbocycles. The number of hydrogen-bond donors (Lipinski definition) is 0. The Labute approximate surface area is 88.3 Å². The third-order valence-electron chi connectivity index (χ3n) is 2.64. The fraction of sp³-hybridized carbons (Fsp3) is 0.250. The van der Waals surface area contributed by atoms with E-state index in [0.717, 1.165) is 16.5 Å². The van der Waals surface area contributed by atoms with Crippen LogP contribution in [0.5, 0.6) is 0 Å². The van der Waals surface area contributed by atoms with Crippen molar-refractivity contribution in [2.75, 3.05) is 7.11 Å². The van der Waals surface area contributed by atoms with Crippen LogP contribution in [-0.2, 0) is 11.8 Å². The van der Waals surface area contributed by atoms with Crippen LogP contribution >= 0.6 is 0 Å². The second-order valence-corrected chi connectivity index (χ2v) is 3.61. The van der Waals surface area contributed by atoms with Crippen LogP contribution in [0.3, 0.4) is 0 Å². The molecular formula is C12H13NO2. The van der Waals surface area contributed by atoms with E-state index in [1.54, 1.807) is 0 Å². The molecule has 1 aromatic carbocycles. The van der Waals surface area contributed by atoms with Gasteiger partial charge in [0.2, 0.25) is 0 Å². The fourth-order valence-corrected chi connectivity index (χ4v) is 1.90. The highest BCUT2D eigenvalue weighted by molar-refractivity contribution is 6.04. The summed E-state index contributed by atoms with van der Waals surface area (Å²) in [6, 6.07) is 5.69. The van der Waals surface area contributed by atoms with E-state index in [0.29, 0.717) is 5.56 Å². The topological polar surface area (TPSA) is 31.2 Å². The molecule has 3 heteroatoms. The van der Waals surface area contributed by atoms with Gasteiger partial charge >= 0.3 is 5.97 Å². The van der Waals surface area contributed by atoms with Crippen LogP contribution in [0.1, 0.15) is 15.9 Å². The molecule has 2 rings (SSSR count). The van der Waals surface area contributed by atoms with E-state index in [-0.39, 0.29) is 5.97 Å². The summed E-state index contributed by atoms with van der Waals surface area (Å²) in [6.07, 6.45) is 1.95. The van der Waals surface area contributed by atoms with Crippen molar-refractivity contribution in [3.63, 3.8) is 0 Å². The minimum absolute atomic E-state index is 0.286. The smallest absolute Gasteiger partial charge is 0.338 e. The van der Waals surface area contributed by atoms with E-state index in [1.165, 1.54) is 7.11 Å². The van der Waals surface area contributed by atoms with E-state index in [9.17, 15) is 4.79 Å². The Morgan fingerprint density at radius 2 is 2.07 bits per heavy atom. The molecule has 1 aromatic heterocycles. The molecule has 15 heavy (non-hydrogen) atoms. The van der Waals surface area contributed by atoms with Crippen molar-refractivity contribution in [2.45, 2.75) is 6.92 Å². The lowest BCUT2D eigenvalue weighted by Gasteiger charge is -2.05. The standard InChI is InChI=1S/C12H13NO2/c1-8-4-5-10(12(14)15-3)9-6-7-13(2)11(8)9/h4-7H,1-3H3. The summed E-state index contributed by atoms with van der Waals surface area (Å²) in [7, 11) is 3.37. The number of methoxy groups -OCH3 is 1. The number of carbonyl (C=O) groups excluding carboxylic acids is 1. The summed E-state index contributed by atoms with van der Waals surface area (Å²) < 4.78 is 6.76. The molecule has 0 amide bonds. The highest BCUT2D eigenvalue weighted by Gasteiger charge is 2.12. The van der Waals surface area contributed by atoms with Gasteiger partial charge < -0.3 is 9.30 Å². The van der Waals surface area contributed by atoms with Crippen molar-refractivity contribution in [3.8, 4) is 0 Å². The van der Waals surface area contributed by atoms with Gasteiger partial charge in [-0.3, -0.25) is 0 Å². The third kappa shape index (κ3) is 1.40. The maximum Gasteiger partial charge on any atom is 0.338 e. The highest BCUT2D eigenvalue weighted by Crippen LogP contribution is 2.23. The Hall–Kier alpha value is -1.77. The molecule has 0 radical (unpaired) electrons. The van der Waals surface area contributed by atoms with Crippen LogP contribution < -0.4 is 0 Å². The first-order valence-electron chi connectivity index (χ1n) is 4.78. The summed E-state index contributed by atoms with van der Waals surface area (Å²) in [5.41, 5.74) is 2.86. The van der Waals surface area contributed by atoms with Crippen LogP contribution in [0.4, 0.5) is 0 Å². The van der Waals surface area contributed by atoms with E-state index >= 15 is 0 Å². The molecule has 0 unspecified atom stereocenters. The molecule has 0 atom stereocenters. The number of rotatable bonds is 1. The zero-order chi connectivity index (χ0) is 11.0. The van der Waals surface area contributed by atoms with Gasteiger partial charge in [0, 0.05) is 18.6 Å². The molecule has 0 fully saturated rings. The minimum atomic E-state index is -0.286. The van der Waals surface area contributed by atoms with Crippen LogP contribution in [0.2, 0.25) is 0 Å². The molecular weight excluding hydrogens is 190 g/mol. The van der Waals surface area contributed by atoms with Crippen LogP contribution in [-0.4, -0.2) is 17.6 Å². The first-order chi connectivity index (χ1) is 7.15. The van der Waals surface area contributed by atoms with Gasteiger partial charge in [0.05, 0.1) is 18.2 Å². The van der Waals surface area contributed by atoms with E-state index in [4.69, 9.17) is 4.74 Å². The fourth-order valence-electron chi connectivity index (χ4n) is 1.90. The van der Waals surface area contributed by atoms with Gasteiger partial charge in [0.25, 0.3) is 0 Å². The van der Waals surface area contributed by atoms with E-state index in [2.05, 4.69) is 0 Å². The molecule has 3 nitrogen and oxygen atoms in total. The molecule has 0 aliphatic heterocycles. The number of fused-ring (bicyclic) bond motifs is 1. The Morgan fingerprint density at radius 1 is 1.33 bits per heavy atom. The zero-order valence-corrected chi connectivity index (χ0v) is 9.07. The summed E-state index contributed by atoms with van der Waals surface area (Å²) in [4.78, 5) is 11.5. The van der Waals surface area contributed by atoms with Crippen molar-refractivity contribution < 1.29 is 9.53 Å². The second-order valence-electron chi connectivity index (χ2n) is 3.61. The first kappa shape index (κ1) is 9.77. The minimum Gasteiger partial charge on any atom is -0.465 e. The van der Waals surface area contributed by atoms with Gasteiger partial charge in [-0.05, 0) is 24.6 Å². The van der Waals surface area contributed by atoms with Gasteiger partial charge in [0.1, 0.15) is 0 Å². The monoisotopic (exact) mass is 203 g/mol. The van der Waals surface area contributed by atoms with Gasteiger partial charge in [-0.25, -0.2) is 4.79 Å². The zero-order valence-electron chi connectivity index (χ0n) is 9.07. The maximum atomic E-state index is 11.5. The van der Waals surface area contributed by atoms with Crippen molar-refractivity contribution in [2.24, 2.45) is 7.05 Å². The summed E-state index contributed by atoms with van der Waals surface area (Å²) in [5, 5.41) is 0.948. The number of aryl methyl sites for hydroxylation is 2. The number of aromatic nitrogens is 1. The lowest BCUT2D eigenvalue weighted by molar-refractivity contribution is 0.0603. The molecule has 0 spiro atoms. The quantitative estimate of drug-likeness (QED) is 0.666. The summed E-state index contributed by atoms with van der Waals surface area (Å²) in [5.74, 6) is -0.286. The van der Waals surface area contributed by atoms with Gasteiger partial charge in [-0.1, -0.05) is 6.07 Å². The average molecular weight is 203 g/mol. The Bertz CT molecular complexity index is 526. The van der Waals surface area contributed by atoms with Gasteiger partial charge in [-0.2, -0.15) is 0 Å². The van der Waals surface area contributed by atoms with Crippen LogP contribution in [0.25, 0.3) is 10.9 Å². The molecule has 0 bridgehead atoms. The second kappa shape index (κ2) is 3.42. The highest BCUT2D eigenvalue weighted by atomic mass is 16.5. The van der Waals surface area contributed by atoms with Crippen molar-refractivity contribution in [1.29, 1.82) is 0 Å². The molecule has 0 saturated heterocycles. The lowest BCUT2D eigenvalue weighted by atomic mass is 10.1. The molecule has 78 valence electrons. The van der Waals surface area contributed by atoms with Crippen LogP contribution in [0.15, 0.2) is 24.4 Å². The summed E-state index contributed by atoms with van der Waals surface area (Å²) in [6.45, 7) is 2.03. The Kier molecular flexibility index (Phi) is 2.23. The van der Waals surface area contributed by atoms with Gasteiger partial charge in [-0.15, -0.1) is 0 Å². The first-order valence-corrected chi connectivity index (χ1v) is 4.78. The third-order valence-corrected chi connectivity index (χ3v) is 2.64.